The van der Waals surface area contributed by atoms with Crippen molar-refractivity contribution in [1.29, 1.82) is 0 Å². The molecule has 0 unspecified atom stereocenters. The Kier molecular flexibility index (Phi) is 3.79. The van der Waals surface area contributed by atoms with Gasteiger partial charge < -0.3 is 14.4 Å². The number of benzene rings is 1. The van der Waals surface area contributed by atoms with Gasteiger partial charge in [0, 0.05) is 32.7 Å². The third-order valence-electron chi connectivity index (χ3n) is 3.50. The molecule has 1 fully saturated rings. The number of hydrogen-bond donors (Lipinski definition) is 1. The molecule has 0 bridgehead atoms. The fourth-order valence-corrected chi connectivity index (χ4v) is 2.58. The minimum Gasteiger partial charge on any atom is -0.454 e. The number of likely N-dealkylation sites (N-methyl/N-ethyl adjacent to an activating group) is 1. The largest absolute Gasteiger partial charge is 0.454 e. The normalized spacial score (nSPS) is 19.9. The Morgan fingerprint density at radius 3 is 2.79 bits per heavy atom. The SMILES string of the molecule is CN1CCN(NCc2cc(Cl)c3c(c2)OCO3)CC1. The zero-order valence-electron chi connectivity index (χ0n) is 11.0. The van der Waals surface area contributed by atoms with Crippen molar-refractivity contribution in [2.75, 3.05) is 40.0 Å². The zero-order chi connectivity index (χ0) is 13.2. The predicted molar refractivity (Wildman–Crippen MR) is 73.5 cm³/mol. The molecule has 0 spiro atoms. The van der Waals surface area contributed by atoms with Gasteiger partial charge in [-0.1, -0.05) is 11.6 Å². The van der Waals surface area contributed by atoms with E-state index in [-0.39, 0.29) is 6.79 Å². The van der Waals surface area contributed by atoms with Crippen LogP contribution in [0.15, 0.2) is 12.1 Å². The van der Waals surface area contributed by atoms with Gasteiger partial charge in [-0.05, 0) is 24.7 Å². The molecular formula is C13H18ClN3O2. The Hall–Kier alpha value is -1.01. The zero-order valence-corrected chi connectivity index (χ0v) is 11.7. The molecule has 3 rings (SSSR count). The van der Waals surface area contributed by atoms with Gasteiger partial charge in [-0.2, -0.15) is 0 Å². The lowest BCUT2D eigenvalue weighted by molar-refractivity contribution is 0.102. The molecule has 1 aromatic rings. The molecule has 1 N–H and O–H groups in total. The van der Waals surface area contributed by atoms with Crippen LogP contribution >= 0.6 is 11.6 Å². The molecule has 0 saturated carbocycles. The van der Waals surface area contributed by atoms with Crippen LogP contribution in [0.25, 0.3) is 0 Å². The van der Waals surface area contributed by atoms with Crippen LogP contribution in [-0.2, 0) is 6.54 Å². The van der Waals surface area contributed by atoms with Gasteiger partial charge in [-0.25, -0.2) is 5.01 Å². The van der Waals surface area contributed by atoms with Crippen LogP contribution in [0.4, 0.5) is 0 Å². The first-order chi connectivity index (χ1) is 9.22. The highest BCUT2D eigenvalue weighted by Gasteiger charge is 2.19. The number of hydrazine groups is 1. The molecule has 0 atom stereocenters. The molecule has 0 radical (unpaired) electrons. The van der Waals surface area contributed by atoms with Gasteiger partial charge in [-0.15, -0.1) is 0 Å². The lowest BCUT2D eigenvalue weighted by Gasteiger charge is -2.32. The maximum absolute atomic E-state index is 6.16. The van der Waals surface area contributed by atoms with E-state index in [1.165, 1.54) is 0 Å². The fraction of sp³-hybridized carbons (Fsp3) is 0.538. The maximum atomic E-state index is 6.16. The second kappa shape index (κ2) is 5.54. The first-order valence-electron chi connectivity index (χ1n) is 6.47. The number of ether oxygens (including phenoxy) is 2. The molecule has 1 aromatic carbocycles. The lowest BCUT2D eigenvalue weighted by Crippen LogP contribution is -2.50. The summed E-state index contributed by atoms with van der Waals surface area (Å²) in [4.78, 5) is 2.33. The van der Waals surface area contributed by atoms with Gasteiger partial charge in [0.25, 0.3) is 0 Å². The molecule has 0 amide bonds. The molecule has 0 aliphatic carbocycles. The van der Waals surface area contributed by atoms with E-state index in [0.29, 0.717) is 10.8 Å². The summed E-state index contributed by atoms with van der Waals surface area (Å²) in [7, 11) is 2.15. The van der Waals surface area contributed by atoms with Gasteiger partial charge in [-0.3, -0.25) is 5.43 Å². The number of nitrogens with zero attached hydrogens (tertiary/aromatic N) is 2. The first-order valence-corrected chi connectivity index (χ1v) is 6.85. The topological polar surface area (TPSA) is 37.0 Å². The molecule has 1 saturated heterocycles. The smallest absolute Gasteiger partial charge is 0.231 e. The maximum Gasteiger partial charge on any atom is 0.231 e. The van der Waals surface area contributed by atoms with Crippen molar-refractivity contribution in [2.24, 2.45) is 0 Å². The number of halogens is 1. The van der Waals surface area contributed by atoms with E-state index in [2.05, 4.69) is 22.4 Å². The summed E-state index contributed by atoms with van der Waals surface area (Å²) in [5.74, 6) is 1.40. The molecule has 2 heterocycles. The van der Waals surface area contributed by atoms with E-state index in [0.717, 1.165) is 44.0 Å². The monoisotopic (exact) mass is 283 g/mol. The molecule has 19 heavy (non-hydrogen) atoms. The Balaban J connectivity index is 1.60. The quantitative estimate of drug-likeness (QED) is 0.906. The molecule has 104 valence electrons. The first kappa shape index (κ1) is 13.0. The van der Waals surface area contributed by atoms with E-state index >= 15 is 0 Å². The summed E-state index contributed by atoms with van der Waals surface area (Å²) in [6.45, 7) is 5.26. The van der Waals surface area contributed by atoms with Crippen LogP contribution in [0, 0.1) is 0 Å². The summed E-state index contributed by atoms with van der Waals surface area (Å²) in [5.41, 5.74) is 4.53. The van der Waals surface area contributed by atoms with E-state index in [1.54, 1.807) is 0 Å². The third kappa shape index (κ3) is 2.95. The van der Waals surface area contributed by atoms with E-state index in [1.807, 2.05) is 12.1 Å². The highest BCUT2D eigenvalue weighted by molar-refractivity contribution is 6.32. The van der Waals surface area contributed by atoms with Gasteiger partial charge >= 0.3 is 0 Å². The van der Waals surface area contributed by atoms with Crippen LogP contribution in [0.5, 0.6) is 11.5 Å². The Bertz CT molecular complexity index is 461. The van der Waals surface area contributed by atoms with Crippen molar-refractivity contribution in [1.82, 2.24) is 15.3 Å². The summed E-state index contributed by atoms with van der Waals surface area (Å²) < 4.78 is 10.7. The molecule has 5 nitrogen and oxygen atoms in total. The van der Waals surface area contributed by atoms with Crippen LogP contribution in [0.1, 0.15) is 5.56 Å². The van der Waals surface area contributed by atoms with Gasteiger partial charge in [0.05, 0.1) is 5.02 Å². The van der Waals surface area contributed by atoms with Crippen molar-refractivity contribution in [3.8, 4) is 11.5 Å². The number of piperazine rings is 1. The summed E-state index contributed by atoms with van der Waals surface area (Å²) in [6.07, 6.45) is 0. The number of rotatable bonds is 3. The average molecular weight is 284 g/mol. The Labute approximate surface area is 118 Å². The van der Waals surface area contributed by atoms with Crippen molar-refractivity contribution < 1.29 is 9.47 Å². The highest BCUT2D eigenvalue weighted by Crippen LogP contribution is 2.39. The summed E-state index contributed by atoms with van der Waals surface area (Å²) >= 11 is 6.16. The molecule has 2 aliphatic heterocycles. The average Bonchev–Trinajstić information content (AvgIpc) is 2.87. The number of nitrogens with one attached hydrogen (secondary N) is 1. The highest BCUT2D eigenvalue weighted by atomic mass is 35.5. The molecule has 6 heteroatoms. The van der Waals surface area contributed by atoms with E-state index in [9.17, 15) is 0 Å². The Morgan fingerprint density at radius 1 is 1.21 bits per heavy atom. The number of fused-ring (bicyclic) bond motifs is 1. The summed E-state index contributed by atoms with van der Waals surface area (Å²) in [5, 5.41) is 2.86. The number of hydrogen-bond acceptors (Lipinski definition) is 5. The predicted octanol–water partition coefficient (Wildman–Crippen LogP) is 1.32. The van der Waals surface area contributed by atoms with Crippen molar-refractivity contribution >= 4 is 11.6 Å². The Morgan fingerprint density at radius 2 is 2.00 bits per heavy atom. The third-order valence-corrected chi connectivity index (χ3v) is 3.78. The van der Waals surface area contributed by atoms with Crippen LogP contribution in [0.3, 0.4) is 0 Å². The van der Waals surface area contributed by atoms with Crippen LogP contribution < -0.4 is 14.9 Å². The van der Waals surface area contributed by atoms with Crippen LogP contribution in [-0.4, -0.2) is 49.9 Å². The van der Waals surface area contributed by atoms with Crippen molar-refractivity contribution in [2.45, 2.75) is 6.54 Å². The second-order valence-corrected chi connectivity index (χ2v) is 5.34. The summed E-state index contributed by atoms with van der Waals surface area (Å²) in [6, 6.07) is 3.91. The minimum absolute atomic E-state index is 0.254. The molecule has 0 aromatic heterocycles. The standard InChI is InChI=1S/C13H18ClN3O2/c1-16-2-4-17(5-3-16)15-8-10-6-11(14)13-12(7-10)18-9-19-13/h6-7,15H,2-5,8-9H2,1H3. The van der Waals surface area contributed by atoms with Crippen molar-refractivity contribution in [3.05, 3.63) is 22.7 Å². The van der Waals surface area contributed by atoms with E-state index in [4.69, 9.17) is 21.1 Å². The van der Waals surface area contributed by atoms with E-state index < -0.39 is 0 Å². The van der Waals surface area contributed by atoms with Crippen LogP contribution in [0.2, 0.25) is 5.02 Å². The van der Waals surface area contributed by atoms with Gasteiger partial charge in [0.1, 0.15) is 0 Å². The lowest BCUT2D eigenvalue weighted by atomic mass is 10.2. The fourth-order valence-electron chi connectivity index (χ4n) is 2.29. The molecule has 2 aliphatic rings. The molecular weight excluding hydrogens is 266 g/mol. The second-order valence-electron chi connectivity index (χ2n) is 4.94. The van der Waals surface area contributed by atoms with Gasteiger partial charge in [0.15, 0.2) is 11.5 Å². The van der Waals surface area contributed by atoms with Gasteiger partial charge in [0.2, 0.25) is 6.79 Å². The minimum atomic E-state index is 0.254. The van der Waals surface area contributed by atoms with Crippen molar-refractivity contribution in [3.63, 3.8) is 0 Å².